The summed E-state index contributed by atoms with van der Waals surface area (Å²) in [5.41, 5.74) is 2.28. The molecule has 1 aliphatic heterocycles. The number of aliphatic hydroxyl groups is 1. The van der Waals surface area contributed by atoms with E-state index in [9.17, 15) is 23.8 Å². The summed E-state index contributed by atoms with van der Waals surface area (Å²) in [6, 6.07) is 8.93. The minimum Gasteiger partial charge on any atom is -0.497 e. The van der Waals surface area contributed by atoms with Gasteiger partial charge >= 0.3 is 5.97 Å². The molecule has 0 bridgehead atoms. The Kier molecular flexibility index (Phi) is 9.42. The predicted octanol–water partition coefficient (Wildman–Crippen LogP) is 5.07. The number of methoxy groups -OCH3 is 1. The van der Waals surface area contributed by atoms with Crippen molar-refractivity contribution in [3.63, 3.8) is 0 Å². The summed E-state index contributed by atoms with van der Waals surface area (Å²) in [6.45, 7) is 2.60. The Morgan fingerprint density at radius 2 is 1.88 bits per heavy atom. The van der Waals surface area contributed by atoms with E-state index in [1.54, 1.807) is 13.3 Å². The van der Waals surface area contributed by atoms with Gasteiger partial charge in [0.1, 0.15) is 17.4 Å². The van der Waals surface area contributed by atoms with Gasteiger partial charge in [-0.25, -0.2) is 8.78 Å². The standard InChI is InChI=1S/C30H38F2N4O4/c1-35(2)26-19-34-25-5-4-23(40-3)17-24(25)29(26)27(37)6-7-30(18-28(38)39)8-11-36(12-9-30)13-10-33-22-15-20(31)14-21(32)16-22/h4-5,14-17,19,27,33,37H,6-13,18H2,1-3H3,(H,38,39). The number of nitrogens with zero attached hydrogens (tertiary/aromatic N) is 3. The normalized spacial score (nSPS) is 16.1. The van der Waals surface area contributed by atoms with Crippen molar-refractivity contribution in [2.24, 2.45) is 5.41 Å². The van der Waals surface area contributed by atoms with E-state index in [-0.39, 0.29) is 6.42 Å². The first-order valence-electron chi connectivity index (χ1n) is 13.6. The van der Waals surface area contributed by atoms with Crippen LogP contribution < -0.4 is 15.0 Å². The van der Waals surface area contributed by atoms with Gasteiger partial charge < -0.3 is 30.1 Å². The Bertz CT molecular complexity index is 1310. The van der Waals surface area contributed by atoms with Crippen molar-refractivity contribution in [2.45, 2.75) is 38.2 Å². The first-order chi connectivity index (χ1) is 19.1. The lowest BCUT2D eigenvalue weighted by Gasteiger charge is -2.41. The highest BCUT2D eigenvalue weighted by atomic mass is 19.1. The van der Waals surface area contributed by atoms with Crippen molar-refractivity contribution in [3.8, 4) is 5.75 Å². The lowest BCUT2D eigenvalue weighted by molar-refractivity contribution is -0.141. The molecule has 2 heterocycles. The Morgan fingerprint density at radius 3 is 2.50 bits per heavy atom. The highest BCUT2D eigenvalue weighted by Gasteiger charge is 2.37. The first-order valence-corrected chi connectivity index (χ1v) is 13.6. The fraction of sp³-hybridized carbons (Fsp3) is 0.467. The second kappa shape index (κ2) is 12.8. The maximum absolute atomic E-state index is 13.4. The molecular formula is C30H38F2N4O4. The number of anilines is 2. The number of carbonyl (C=O) groups is 1. The van der Waals surface area contributed by atoms with Gasteiger partial charge in [-0.15, -0.1) is 0 Å². The molecule has 0 aliphatic carbocycles. The molecule has 1 aliphatic rings. The molecule has 2 aromatic carbocycles. The number of carboxylic acids is 1. The summed E-state index contributed by atoms with van der Waals surface area (Å²) in [6.07, 6.45) is 3.34. The zero-order valence-electron chi connectivity index (χ0n) is 23.3. The van der Waals surface area contributed by atoms with E-state index in [2.05, 4.69) is 15.2 Å². The Balaban J connectivity index is 1.43. The molecule has 1 aromatic heterocycles. The number of benzene rings is 2. The highest BCUT2D eigenvalue weighted by molar-refractivity contribution is 5.88. The number of halogens is 2. The van der Waals surface area contributed by atoms with Gasteiger partial charge in [-0.05, 0) is 74.5 Å². The zero-order valence-corrected chi connectivity index (χ0v) is 23.3. The molecule has 1 unspecified atom stereocenters. The fourth-order valence-corrected chi connectivity index (χ4v) is 5.70. The monoisotopic (exact) mass is 556 g/mol. The van der Waals surface area contributed by atoms with Crippen molar-refractivity contribution in [3.05, 3.63) is 59.8 Å². The zero-order chi connectivity index (χ0) is 28.9. The molecule has 3 N–H and O–H groups in total. The number of piperidine rings is 1. The summed E-state index contributed by atoms with van der Waals surface area (Å²) in [5, 5.41) is 25.1. The predicted molar refractivity (Wildman–Crippen MR) is 152 cm³/mol. The molecule has 10 heteroatoms. The van der Waals surface area contributed by atoms with Gasteiger partial charge in [0, 0.05) is 49.9 Å². The van der Waals surface area contributed by atoms with Gasteiger partial charge in [-0.2, -0.15) is 0 Å². The van der Waals surface area contributed by atoms with Gasteiger partial charge in [0.15, 0.2) is 0 Å². The van der Waals surface area contributed by atoms with Crippen LogP contribution in [0.2, 0.25) is 0 Å². The number of hydrogen-bond donors (Lipinski definition) is 3. The van der Waals surface area contributed by atoms with Gasteiger partial charge in [-0.1, -0.05) is 0 Å². The van der Waals surface area contributed by atoms with Crippen LogP contribution in [0.5, 0.6) is 5.75 Å². The van der Waals surface area contributed by atoms with Crippen LogP contribution in [0.25, 0.3) is 10.9 Å². The molecule has 8 nitrogen and oxygen atoms in total. The van der Waals surface area contributed by atoms with E-state index in [1.165, 1.54) is 12.1 Å². The summed E-state index contributed by atoms with van der Waals surface area (Å²) in [4.78, 5) is 20.6. The number of aliphatic hydroxyl groups excluding tert-OH is 1. The fourth-order valence-electron chi connectivity index (χ4n) is 5.70. The smallest absolute Gasteiger partial charge is 0.303 e. The topological polar surface area (TPSA) is 98.2 Å². The molecule has 0 saturated carbocycles. The lowest BCUT2D eigenvalue weighted by atomic mass is 9.71. The molecule has 1 saturated heterocycles. The van der Waals surface area contributed by atoms with Gasteiger partial charge in [-0.3, -0.25) is 9.78 Å². The summed E-state index contributed by atoms with van der Waals surface area (Å²) >= 11 is 0. The van der Waals surface area contributed by atoms with Crippen molar-refractivity contribution in [2.75, 3.05) is 57.6 Å². The lowest BCUT2D eigenvalue weighted by Crippen LogP contribution is -2.43. The van der Waals surface area contributed by atoms with Crippen LogP contribution in [-0.2, 0) is 4.79 Å². The SMILES string of the molecule is COc1ccc2ncc(N(C)C)c(C(O)CCC3(CC(=O)O)CCN(CCNc4cc(F)cc(F)c4)CC3)c2c1. The van der Waals surface area contributed by atoms with Crippen LogP contribution in [0.4, 0.5) is 20.2 Å². The maximum atomic E-state index is 13.4. The van der Waals surface area contributed by atoms with Crippen LogP contribution >= 0.6 is 0 Å². The van der Waals surface area contributed by atoms with Crippen LogP contribution in [0.3, 0.4) is 0 Å². The van der Waals surface area contributed by atoms with Crippen LogP contribution in [-0.4, -0.2) is 73.5 Å². The Morgan fingerprint density at radius 1 is 1.18 bits per heavy atom. The van der Waals surface area contributed by atoms with Crippen molar-refractivity contribution < 1.29 is 28.5 Å². The number of aromatic nitrogens is 1. The molecule has 0 radical (unpaired) electrons. The van der Waals surface area contributed by atoms with E-state index in [1.807, 2.05) is 37.2 Å². The summed E-state index contributed by atoms with van der Waals surface area (Å²) < 4.78 is 32.3. The maximum Gasteiger partial charge on any atom is 0.303 e. The molecule has 216 valence electrons. The van der Waals surface area contributed by atoms with E-state index >= 15 is 0 Å². The molecule has 0 spiro atoms. The second-order valence-corrected chi connectivity index (χ2v) is 10.9. The quantitative estimate of drug-likeness (QED) is 0.285. The van der Waals surface area contributed by atoms with Crippen LogP contribution in [0.15, 0.2) is 42.6 Å². The average molecular weight is 557 g/mol. The number of nitrogens with one attached hydrogen (secondary N) is 1. The minimum atomic E-state index is -0.842. The number of pyridine rings is 1. The highest BCUT2D eigenvalue weighted by Crippen LogP contribution is 2.43. The van der Waals surface area contributed by atoms with E-state index in [4.69, 9.17) is 4.74 Å². The van der Waals surface area contributed by atoms with E-state index < -0.39 is 29.1 Å². The van der Waals surface area contributed by atoms with Gasteiger partial charge in [0.2, 0.25) is 0 Å². The number of hydrogen-bond acceptors (Lipinski definition) is 7. The van der Waals surface area contributed by atoms with Crippen LogP contribution in [0, 0.1) is 17.0 Å². The molecule has 0 amide bonds. The molecule has 3 aromatic rings. The number of carboxylic acid groups (broad SMARTS) is 1. The first kappa shape index (κ1) is 29.5. The molecule has 1 fully saturated rings. The summed E-state index contributed by atoms with van der Waals surface area (Å²) in [7, 11) is 5.40. The molecule has 1 atom stereocenters. The Hall–Kier alpha value is -3.50. The van der Waals surface area contributed by atoms with Gasteiger partial charge in [0.25, 0.3) is 0 Å². The third kappa shape index (κ3) is 7.17. The van der Waals surface area contributed by atoms with Crippen molar-refractivity contribution in [1.29, 1.82) is 0 Å². The largest absolute Gasteiger partial charge is 0.497 e. The third-order valence-electron chi connectivity index (χ3n) is 7.92. The number of rotatable bonds is 12. The van der Waals surface area contributed by atoms with Gasteiger partial charge in [0.05, 0.1) is 37.0 Å². The van der Waals surface area contributed by atoms with E-state index in [0.29, 0.717) is 63.3 Å². The van der Waals surface area contributed by atoms with E-state index in [0.717, 1.165) is 28.2 Å². The van der Waals surface area contributed by atoms with Crippen molar-refractivity contribution in [1.82, 2.24) is 9.88 Å². The number of fused-ring (bicyclic) bond motifs is 1. The summed E-state index contributed by atoms with van der Waals surface area (Å²) in [5.74, 6) is -1.42. The molecule has 40 heavy (non-hydrogen) atoms. The van der Waals surface area contributed by atoms with Crippen molar-refractivity contribution >= 4 is 28.2 Å². The molecule has 4 rings (SSSR count). The number of aliphatic carboxylic acids is 1. The molecular weight excluding hydrogens is 518 g/mol. The van der Waals surface area contributed by atoms with Crippen LogP contribution in [0.1, 0.15) is 43.8 Å². The minimum absolute atomic E-state index is 0.0415. The third-order valence-corrected chi connectivity index (χ3v) is 7.92. The average Bonchev–Trinajstić information content (AvgIpc) is 2.91. The second-order valence-electron chi connectivity index (χ2n) is 10.9. The number of likely N-dealkylation sites (tertiary alicyclic amines) is 1. The Labute approximate surface area is 233 Å². The number of ether oxygens (including phenoxy) is 1.